The molecule has 0 atom stereocenters. The standard InChI is InChI=1S/C18H34O2.3C4H9.Sn/c1-2-3-4-5-6-7-8-9-10-11-12-13-14-15-16-17-18(19)20;3*1-3-4-2;/h9-10H,2-8,11-17H2,1H3,(H,19,20);3*1,3-4H2,2H3;/q;;;;+1/p-1/b10-9-;;;;. The van der Waals surface area contributed by atoms with Crippen LogP contribution < -0.4 is 5.11 Å². The normalized spacial score (nSPS) is 10.9. The Balaban J connectivity index is 0. The quantitative estimate of drug-likeness (QED) is 0.0658. The van der Waals surface area contributed by atoms with Crippen molar-refractivity contribution >= 4 is 25.7 Å². The molecule has 33 heavy (non-hydrogen) atoms. The molecule has 0 radical (unpaired) electrons. The maximum atomic E-state index is 10.2. The molecule has 0 saturated carbocycles. The van der Waals surface area contributed by atoms with E-state index >= 15 is 0 Å². The Labute approximate surface area is 216 Å². The molecule has 0 aliphatic heterocycles. The van der Waals surface area contributed by atoms with Crippen molar-refractivity contribution in [1.29, 1.82) is 0 Å². The first kappa shape index (κ1) is 35.2. The van der Waals surface area contributed by atoms with Gasteiger partial charge in [0, 0.05) is 5.97 Å². The fraction of sp³-hybridized carbons (Fsp3) is 0.900. The average Bonchev–Trinajstić information content (AvgIpc) is 2.81. The number of hydrogen-bond acceptors (Lipinski definition) is 2. The van der Waals surface area contributed by atoms with Gasteiger partial charge in [-0.15, -0.1) is 0 Å². The van der Waals surface area contributed by atoms with Crippen molar-refractivity contribution < 1.29 is 9.90 Å². The van der Waals surface area contributed by atoms with Gasteiger partial charge in [-0.1, -0.05) is 70.4 Å². The third kappa shape index (κ3) is 34.3. The summed E-state index contributed by atoms with van der Waals surface area (Å²) in [5, 5.41) is 10.2. The molecule has 0 spiro atoms. The van der Waals surface area contributed by atoms with E-state index in [4.69, 9.17) is 0 Å². The molecule has 0 fully saturated rings. The molecular weight excluding hydrogens is 511 g/mol. The summed E-state index contributed by atoms with van der Waals surface area (Å²) in [6, 6.07) is 0. The summed E-state index contributed by atoms with van der Waals surface area (Å²) >= 11 is -0.839. The van der Waals surface area contributed by atoms with Crippen molar-refractivity contribution in [3.8, 4) is 0 Å². The molecule has 0 saturated heterocycles. The van der Waals surface area contributed by atoms with E-state index < -0.39 is 25.7 Å². The average molecular weight is 572 g/mol. The molecule has 0 rings (SSSR count). The van der Waals surface area contributed by atoms with Gasteiger partial charge in [0.15, 0.2) is 0 Å². The van der Waals surface area contributed by atoms with Crippen LogP contribution in [-0.4, -0.2) is 25.7 Å². The molecule has 3 heteroatoms. The summed E-state index contributed by atoms with van der Waals surface area (Å²) in [5.74, 6) is -0.914. The SMILES string of the molecule is CCCCCCCC/C=C\CCCCCCCC(=O)[O-].CCC[CH2][Sn+]([CH2]CCC)[CH2]CCC. The van der Waals surface area contributed by atoms with E-state index in [1.54, 1.807) is 13.3 Å². The van der Waals surface area contributed by atoms with Gasteiger partial charge in [-0.05, 0) is 38.5 Å². The van der Waals surface area contributed by atoms with Gasteiger partial charge >= 0.3 is 92.4 Å². The number of carbonyl (C=O) groups excluding carboxylic acids is 1. The summed E-state index contributed by atoms with van der Waals surface area (Å²) in [6.45, 7) is 9.26. The number of aliphatic carboxylic acids is 1. The molecule has 2 nitrogen and oxygen atoms in total. The summed E-state index contributed by atoms with van der Waals surface area (Å²) in [6.07, 6.45) is 29.7. The Morgan fingerprint density at radius 1 is 0.545 bits per heavy atom. The van der Waals surface area contributed by atoms with E-state index in [2.05, 4.69) is 39.8 Å². The van der Waals surface area contributed by atoms with E-state index in [1.165, 1.54) is 103 Å². The van der Waals surface area contributed by atoms with Crippen LogP contribution in [0.1, 0.15) is 156 Å². The number of carboxylic acids is 1. The zero-order chi connectivity index (χ0) is 24.8. The second-order valence-corrected chi connectivity index (χ2v) is 18.3. The van der Waals surface area contributed by atoms with Crippen molar-refractivity contribution in [2.75, 3.05) is 0 Å². The molecule has 0 N–H and O–H groups in total. The van der Waals surface area contributed by atoms with Crippen molar-refractivity contribution in [1.82, 2.24) is 0 Å². The fourth-order valence-corrected chi connectivity index (χ4v) is 13.4. The molecule has 0 heterocycles. The Bertz CT molecular complexity index is 376. The molecule has 196 valence electrons. The molecule has 0 aromatic rings. The van der Waals surface area contributed by atoms with Crippen molar-refractivity contribution in [2.24, 2.45) is 0 Å². The molecule has 0 unspecified atom stereocenters. The maximum absolute atomic E-state index is 10.2. The van der Waals surface area contributed by atoms with Crippen LogP contribution in [0.4, 0.5) is 0 Å². The molecule has 0 aliphatic carbocycles. The number of rotatable bonds is 24. The molecule has 0 aromatic carbocycles. The van der Waals surface area contributed by atoms with Crippen molar-refractivity contribution in [3.05, 3.63) is 12.2 Å². The second-order valence-electron chi connectivity index (χ2n) is 9.77. The van der Waals surface area contributed by atoms with Crippen LogP contribution in [0.5, 0.6) is 0 Å². The van der Waals surface area contributed by atoms with Gasteiger partial charge in [0.2, 0.25) is 0 Å². The van der Waals surface area contributed by atoms with Gasteiger partial charge in [0.05, 0.1) is 0 Å². The fourth-order valence-electron chi connectivity index (χ4n) is 4.00. The summed E-state index contributed by atoms with van der Waals surface area (Å²) in [7, 11) is 0. The molecule has 0 aromatic heterocycles. The van der Waals surface area contributed by atoms with Gasteiger partial charge in [-0.2, -0.15) is 0 Å². The van der Waals surface area contributed by atoms with E-state index in [-0.39, 0.29) is 6.42 Å². The molecule has 0 aliphatic rings. The number of hydrogen-bond donors (Lipinski definition) is 0. The van der Waals surface area contributed by atoms with Crippen LogP contribution in [0.3, 0.4) is 0 Å². The number of unbranched alkanes of at least 4 members (excludes halogenated alkanes) is 14. The zero-order valence-corrected chi connectivity index (χ0v) is 26.1. The minimum absolute atomic E-state index is 0.220. The molecular formula is C30H60O2Sn. The van der Waals surface area contributed by atoms with Gasteiger partial charge in [0.25, 0.3) is 0 Å². The first-order chi connectivity index (χ1) is 16.1. The predicted molar refractivity (Wildman–Crippen MR) is 149 cm³/mol. The number of carbonyl (C=O) groups is 1. The van der Waals surface area contributed by atoms with E-state index in [9.17, 15) is 9.90 Å². The Kier molecular flexibility index (Phi) is 34.1. The van der Waals surface area contributed by atoms with E-state index in [0.29, 0.717) is 0 Å². The van der Waals surface area contributed by atoms with Gasteiger partial charge in [-0.25, -0.2) is 0 Å². The third-order valence-electron chi connectivity index (χ3n) is 6.29. The van der Waals surface area contributed by atoms with Crippen LogP contribution in [0.15, 0.2) is 12.2 Å². The van der Waals surface area contributed by atoms with Crippen molar-refractivity contribution in [3.63, 3.8) is 0 Å². The van der Waals surface area contributed by atoms with Gasteiger partial charge in [-0.3, -0.25) is 0 Å². The van der Waals surface area contributed by atoms with Crippen LogP contribution >= 0.6 is 0 Å². The van der Waals surface area contributed by atoms with Crippen molar-refractivity contribution in [2.45, 2.75) is 169 Å². The van der Waals surface area contributed by atoms with Gasteiger partial charge in [0.1, 0.15) is 0 Å². The summed E-state index contributed by atoms with van der Waals surface area (Å²) in [5.41, 5.74) is 0. The summed E-state index contributed by atoms with van der Waals surface area (Å²) in [4.78, 5) is 10.2. The van der Waals surface area contributed by atoms with Crippen LogP contribution in [0, 0.1) is 0 Å². The van der Waals surface area contributed by atoms with Crippen LogP contribution in [0.25, 0.3) is 0 Å². The zero-order valence-electron chi connectivity index (χ0n) is 23.2. The topological polar surface area (TPSA) is 40.1 Å². The Morgan fingerprint density at radius 2 is 0.909 bits per heavy atom. The summed E-state index contributed by atoms with van der Waals surface area (Å²) < 4.78 is 5.04. The first-order valence-electron chi connectivity index (χ1n) is 14.8. The van der Waals surface area contributed by atoms with Gasteiger partial charge < -0.3 is 9.90 Å². The number of carboxylic acid groups (broad SMARTS) is 1. The molecule has 0 bridgehead atoms. The Hall–Kier alpha value is 0.00870. The van der Waals surface area contributed by atoms with Crippen LogP contribution in [-0.2, 0) is 4.79 Å². The van der Waals surface area contributed by atoms with Crippen LogP contribution in [0.2, 0.25) is 13.3 Å². The van der Waals surface area contributed by atoms with E-state index in [0.717, 1.165) is 19.3 Å². The Morgan fingerprint density at radius 3 is 1.30 bits per heavy atom. The number of allylic oxidation sites excluding steroid dienone is 2. The second kappa shape index (κ2) is 32.0. The third-order valence-corrected chi connectivity index (χ3v) is 15.4. The van der Waals surface area contributed by atoms with E-state index in [1.807, 2.05) is 0 Å². The molecule has 0 amide bonds. The monoisotopic (exact) mass is 572 g/mol. The first-order valence-corrected chi connectivity index (χ1v) is 20.9. The predicted octanol–water partition coefficient (Wildman–Crippen LogP) is 9.66. The minimum atomic E-state index is -0.914.